The molecule has 2 aliphatic rings. The summed E-state index contributed by atoms with van der Waals surface area (Å²) < 4.78 is 0. The van der Waals surface area contributed by atoms with Crippen molar-refractivity contribution in [2.75, 3.05) is 0 Å². The number of nitrogens with one attached hydrogen (secondary N) is 1. The first-order valence-corrected chi connectivity index (χ1v) is 6.52. The monoisotopic (exact) mass is 260 g/mol. The van der Waals surface area contributed by atoms with Crippen molar-refractivity contribution in [3.63, 3.8) is 0 Å². The van der Waals surface area contributed by atoms with Crippen LogP contribution in [0.2, 0.25) is 0 Å². The second kappa shape index (κ2) is 4.57. The van der Waals surface area contributed by atoms with Gasteiger partial charge in [0, 0.05) is 5.71 Å². The van der Waals surface area contributed by atoms with Gasteiger partial charge in [0.15, 0.2) is 0 Å². The van der Waals surface area contributed by atoms with Crippen molar-refractivity contribution >= 4 is 11.6 Å². The fourth-order valence-corrected chi connectivity index (χ4v) is 3.05. The van der Waals surface area contributed by atoms with E-state index < -0.39 is 5.91 Å². The molecule has 5 nitrogen and oxygen atoms in total. The predicted molar refractivity (Wildman–Crippen MR) is 70.1 cm³/mol. The van der Waals surface area contributed by atoms with Crippen molar-refractivity contribution < 1.29 is 15.0 Å². The molecule has 0 spiro atoms. The van der Waals surface area contributed by atoms with Gasteiger partial charge < -0.3 is 10.2 Å². The van der Waals surface area contributed by atoms with Crippen molar-refractivity contribution in [2.24, 2.45) is 16.9 Å². The molecular formula is C14H16N2O3. The van der Waals surface area contributed by atoms with Gasteiger partial charge in [0.2, 0.25) is 0 Å². The summed E-state index contributed by atoms with van der Waals surface area (Å²) in [4.78, 5) is 11.9. The van der Waals surface area contributed by atoms with Crippen LogP contribution in [-0.2, 0) is 0 Å². The third-order valence-corrected chi connectivity index (χ3v) is 4.04. The van der Waals surface area contributed by atoms with E-state index in [0.717, 1.165) is 24.5 Å². The van der Waals surface area contributed by atoms with E-state index in [1.54, 1.807) is 0 Å². The van der Waals surface area contributed by atoms with Crippen molar-refractivity contribution in [3.05, 3.63) is 23.8 Å². The summed E-state index contributed by atoms with van der Waals surface area (Å²) in [6.45, 7) is 0. The van der Waals surface area contributed by atoms with Gasteiger partial charge in [-0.05, 0) is 55.7 Å². The number of benzene rings is 1. The number of amides is 1. The molecule has 5 heteroatoms. The lowest BCUT2D eigenvalue weighted by atomic mass is 9.99. The zero-order chi connectivity index (χ0) is 13.4. The number of carbonyl (C=O) groups excluding carboxylic acids is 1. The second-order valence-electron chi connectivity index (χ2n) is 5.33. The fourth-order valence-electron chi connectivity index (χ4n) is 3.05. The summed E-state index contributed by atoms with van der Waals surface area (Å²) in [7, 11) is 0. The molecule has 1 amide bonds. The van der Waals surface area contributed by atoms with E-state index in [2.05, 4.69) is 10.5 Å². The fraction of sp³-hybridized carbons (Fsp3) is 0.429. The molecule has 2 aliphatic carbocycles. The third-order valence-electron chi connectivity index (χ3n) is 4.04. The number of carbonyl (C=O) groups is 1. The maximum Gasteiger partial charge on any atom is 0.275 e. The molecule has 0 aromatic heterocycles. The molecule has 2 bridgehead atoms. The summed E-state index contributed by atoms with van der Waals surface area (Å²) in [5.74, 6) is 0.528. The van der Waals surface area contributed by atoms with Gasteiger partial charge in [-0.2, -0.15) is 5.10 Å². The highest BCUT2D eigenvalue weighted by molar-refractivity contribution is 5.98. The Balaban J connectivity index is 1.72. The number of hydrazone groups is 1. The molecule has 19 heavy (non-hydrogen) atoms. The van der Waals surface area contributed by atoms with Gasteiger partial charge in [-0.3, -0.25) is 4.79 Å². The zero-order valence-corrected chi connectivity index (χ0v) is 10.5. The van der Waals surface area contributed by atoms with Gasteiger partial charge in [0.05, 0.1) is 5.56 Å². The van der Waals surface area contributed by atoms with Gasteiger partial charge in [-0.25, -0.2) is 5.43 Å². The van der Waals surface area contributed by atoms with Crippen molar-refractivity contribution in [1.29, 1.82) is 0 Å². The normalized spacial score (nSPS) is 26.8. The first-order chi connectivity index (χ1) is 9.13. The maximum absolute atomic E-state index is 11.9. The Bertz CT molecular complexity index is 554. The molecule has 0 radical (unpaired) electrons. The zero-order valence-electron chi connectivity index (χ0n) is 10.5. The molecule has 2 atom stereocenters. The van der Waals surface area contributed by atoms with Crippen molar-refractivity contribution in [1.82, 2.24) is 5.43 Å². The SMILES string of the molecule is O=C(N/N=C1/C[C@H]2CC[C@H]1C2)c1cc(O)ccc1O. The molecule has 2 saturated carbocycles. The van der Waals surface area contributed by atoms with Gasteiger partial charge >= 0.3 is 0 Å². The van der Waals surface area contributed by atoms with E-state index >= 15 is 0 Å². The maximum atomic E-state index is 11.9. The Morgan fingerprint density at radius 1 is 1.32 bits per heavy atom. The lowest BCUT2D eigenvalue weighted by molar-refractivity contribution is 0.0951. The molecule has 3 N–H and O–H groups in total. The second-order valence-corrected chi connectivity index (χ2v) is 5.33. The van der Waals surface area contributed by atoms with Crippen LogP contribution in [0.4, 0.5) is 0 Å². The van der Waals surface area contributed by atoms with Crippen LogP contribution < -0.4 is 5.43 Å². The van der Waals surface area contributed by atoms with E-state index in [1.807, 2.05) is 0 Å². The van der Waals surface area contributed by atoms with E-state index in [0.29, 0.717) is 5.92 Å². The van der Waals surface area contributed by atoms with Gasteiger partial charge in [0.1, 0.15) is 11.5 Å². The Kier molecular flexibility index (Phi) is 2.89. The van der Waals surface area contributed by atoms with Gasteiger partial charge in [-0.15, -0.1) is 0 Å². The van der Waals surface area contributed by atoms with Crippen LogP contribution >= 0.6 is 0 Å². The topological polar surface area (TPSA) is 81.9 Å². The number of fused-ring (bicyclic) bond motifs is 2. The van der Waals surface area contributed by atoms with Crippen LogP contribution in [0.25, 0.3) is 0 Å². The van der Waals surface area contributed by atoms with Crippen molar-refractivity contribution in [2.45, 2.75) is 25.7 Å². The lowest BCUT2D eigenvalue weighted by Gasteiger charge is -2.12. The van der Waals surface area contributed by atoms with Crippen LogP contribution in [0.15, 0.2) is 23.3 Å². The van der Waals surface area contributed by atoms with E-state index in [1.165, 1.54) is 31.0 Å². The third kappa shape index (κ3) is 2.28. The standard InChI is InChI=1S/C14H16N2O3/c17-10-3-4-13(18)11(7-10)14(19)16-15-12-6-8-1-2-9(12)5-8/h3-4,7-9,17-18H,1-2,5-6H2,(H,16,19)/b15-12-/t8-,9-/m0/s1. The highest BCUT2D eigenvalue weighted by Gasteiger charge is 2.36. The van der Waals surface area contributed by atoms with E-state index in [9.17, 15) is 15.0 Å². The number of hydrogen-bond acceptors (Lipinski definition) is 4. The number of nitrogens with zero attached hydrogens (tertiary/aromatic N) is 1. The molecular weight excluding hydrogens is 244 g/mol. The van der Waals surface area contributed by atoms with Crippen LogP contribution in [0.3, 0.4) is 0 Å². The van der Waals surface area contributed by atoms with E-state index in [4.69, 9.17) is 0 Å². The highest BCUT2D eigenvalue weighted by Crippen LogP contribution is 2.42. The molecule has 0 unspecified atom stereocenters. The molecule has 2 fully saturated rings. The Morgan fingerprint density at radius 3 is 2.84 bits per heavy atom. The minimum absolute atomic E-state index is 0.0347. The average Bonchev–Trinajstić information content (AvgIpc) is 3.01. The first kappa shape index (κ1) is 12.0. The molecule has 1 aromatic rings. The smallest absolute Gasteiger partial charge is 0.275 e. The number of phenols is 2. The summed E-state index contributed by atoms with van der Waals surface area (Å²) in [5, 5.41) is 23.1. The van der Waals surface area contributed by atoms with Gasteiger partial charge in [-0.1, -0.05) is 0 Å². The predicted octanol–water partition coefficient (Wildman–Crippen LogP) is 2.00. The van der Waals surface area contributed by atoms with E-state index in [-0.39, 0.29) is 17.1 Å². The van der Waals surface area contributed by atoms with Crippen LogP contribution in [0, 0.1) is 11.8 Å². The largest absolute Gasteiger partial charge is 0.508 e. The van der Waals surface area contributed by atoms with Gasteiger partial charge in [0.25, 0.3) is 5.91 Å². The molecule has 100 valence electrons. The summed E-state index contributed by atoms with van der Waals surface area (Å²) >= 11 is 0. The lowest BCUT2D eigenvalue weighted by Crippen LogP contribution is -2.22. The quantitative estimate of drug-likeness (QED) is 0.562. The minimum atomic E-state index is -0.497. The molecule has 0 aliphatic heterocycles. The highest BCUT2D eigenvalue weighted by atomic mass is 16.3. The number of aromatic hydroxyl groups is 2. The molecule has 0 heterocycles. The summed E-state index contributed by atoms with van der Waals surface area (Å²) in [5.41, 5.74) is 3.57. The Labute approximate surface area is 111 Å². The number of hydrogen-bond donors (Lipinski definition) is 3. The Hall–Kier alpha value is -2.04. The number of rotatable bonds is 2. The van der Waals surface area contributed by atoms with Crippen molar-refractivity contribution in [3.8, 4) is 11.5 Å². The summed E-state index contributed by atoms with van der Waals surface area (Å²) in [6.07, 6.45) is 4.59. The number of phenolic OH excluding ortho intramolecular Hbond substituents is 2. The summed E-state index contributed by atoms with van der Waals surface area (Å²) in [6, 6.07) is 3.84. The molecule has 0 saturated heterocycles. The first-order valence-electron chi connectivity index (χ1n) is 6.52. The average molecular weight is 260 g/mol. The van der Waals surface area contributed by atoms with Crippen LogP contribution in [0.5, 0.6) is 11.5 Å². The molecule has 1 aromatic carbocycles. The minimum Gasteiger partial charge on any atom is -0.508 e. The Morgan fingerprint density at radius 2 is 2.16 bits per heavy atom. The molecule has 3 rings (SSSR count). The van der Waals surface area contributed by atoms with Crippen LogP contribution in [-0.4, -0.2) is 21.8 Å². The van der Waals surface area contributed by atoms with Crippen LogP contribution in [0.1, 0.15) is 36.0 Å².